The summed E-state index contributed by atoms with van der Waals surface area (Å²) >= 11 is 0. The van der Waals surface area contributed by atoms with Gasteiger partial charge in [0.2, 0.25) is 0 Å². The molecule has 1 saturated heterocycles. The van der Waals surface area contributed by atoms with E-state index in [0.717, 1.165) is 0 Å². The number of carbonyl (C=O) groups is 3. The van der Waals surface area contributed by atoms with Gasteiger partial charge in [-0.1, -0.05) is 44.2 Å². The van der Waals surface area contributed by atoms with Crippen molar-refractivity contribution in [3.8, 4) is 0 Å². The Bertz CT molecular complexity index is 570. The van der Waals surface area contributed by atoms with Gasteiger partial charge in [-0.05, 0) is 5.92 Å². The summed E-state index contributed by atoms with van der Waals surface area (Å²) in [5.41, 5.74) is 0.555. The second kappa shape index (κ2) is 5.91. The van der Waals surface area contributed by atoms with Gasteiger partial charge >= 0.3 is 11.9 Å². The Morgan fingerprint density at radius 2 is 1.55 bits per heavy atom. The van der Waals surface area contributed by atoms with E-state index in [1.807, 2.05) is 6.07 Å². The lowest BCUT2D eigenvalue weighted by molar-refractivity contribution is -0.242. The summed E-state index contributed by atoms with van der Waals surface area (Å²) in [5.74, 6) is -4.73. The molecule has 1 aromatic rings. The highest BCUT2D eigenvalue weighted by Gasteiger charge is 2.47. The van der Waals surface area contributed by atoms with E-state index >= 15 is 0 Å². The first kappa shape index (κ1) is 16.2. The second-order valence-corrected chi connectivity index (χ2v) is 6.10. The van der Waals surface area contributed by atoms with Gasteiger partial charge in [0, 0.05) is 25.3 Å². The highest BCUT2D eigenvalue weighted by atomic mass is 16.7. The Labute approximate surface area is 129 Å². The minimum atomic E-state index is -1.25. The predicted octanol–water partition coefficient (Wildman–Crippen LogP) is 2.59. The van der Waals surface area contributed by atoms with Crippen LogP contribution in [0.4, 0.5) is 0 Å². The molecule has 2 atom stereocenters. The molecule has 2 rings (SSSR count). The lowest BCUT2D eigenvalue weighted by Crippen LogP contribution is -2.49. The standard InChI is InChI=1S/C17H20O5/c1-10(11(2)14(18)12-8-6-5-7-9-12)13-15(19)21-17(3,4)22-16(13)20/h5-11,13H,1-4H3/t10-,11+/m1/s1. The summed E-state index contributed by atoms with van der Waals surface area (Å²) in [6.45, 7) is 6.40. The van der Waals surface area contributed by atoms with E-state index < -0.39 is 35.5 Å². The third-order valence-corrected chi connectivity index (χ3v) is 3.99. The third kappa shape index (κ3) is 3.18. The number of carbonyl (C=O) groups excluding carboxylic acids is 3. The van der Waals surface area contributed by atoms with E-state index in [0.29, 0.717) is 5.56 Å². The molecule has 1 fully saturated rings. The normalized spacial score (nSPS) is 20.7. The number of cyclic esters (lactones) is 2. The van der Waals surface area contributed by atoms with Crippen LogP contribution in [0.25, 0.3) is 0 Å². The van der Waals surface area contributed by atoms with Gasteiger partial charge in [-0.2, -0.15) is 0 Å². The Morgan fingerprint density at radius 3 is 2.05 bits per heavy atom. The summed E-state index contributed by atoms with van der Waals surface area (Å²) < 4.78 is 10.2. The van der Waals surface area contributed by atoms with Gasteiger partial charge in [0.25, 0.3) is 5.79 Å². The van der Waals surface area contributed by atoms with E-state index in [1.54, 1.807) is 38.1 Å². The molecule has 0 bridgehead atoms. The molecule has 0 amide bonds. The molecule has 1 heterocycles. The van der Waals surface area contributed by atoms with Crippen LogP contribution in [0.5, 0.6) is 0 Å². The summed E-state index contributed by atoms with van der Waals surface area (Å²) in [7, 11) is 0. The first-order valence-electron chi connectivity index (χ1n) is 7.28. The molecule has 1 aliphatic heterocycles. The van der Waals surface area contributed by atoms with Crippen LogP contribution in [-0.2, 0) is 19.1 Å². The Morgan fingerprint density at radius 1 is 1.05 bits per heavy atom. The highest BCUT2D eigenvalue weighted by molar-refractivity contribution is 6.01. The van der Waals surface area contributed by atoms with Crippen LogP contribution in [0.3, 0.4) is 0 Å². The molecule has 0 N–H and O–H groups in total. The summed E-state index contributed by atoms with van der Waals surface area (Å²) in [5, 5.41) is 0. The molecule has 0 aromatic heterocycles. The topological polar surface area (TPSA) is 69.7 Å². The fourth-order valence-electron chi connectivity index (χ4n) is 2.55. The van der Waals surface area contributed by atoms with Gasteiger partial charge in [0.15, 0.2) is 11.7 Å². The summed E-state index contributed by atoms with van der Waals surface area (Å²) in [6, 6.07) is 8.80. The minimum Gasteiger partial charge on any atom is -0.422 e. The van der Waals surface area contributed by atoms with E-state index in [-0.39, 0.29) is 5.78 Å². The van der Waals surface area contributed by atoms with Gasteiger partial charge in [0.05, 0.1) is 0 Å². The summed E-state index contributed by atoms with van der Waals surface area (Å²) in [6.07, 6.45) is 0. The van der Waals surface area contributed by atoms with Gasteiger partial charge in [0.1, 0.15) is 0 Å². The van der Waals surface area contributed by atoms with Crippen molar-refractivity contribution < 1.29 is 23.9 Å². The van der Waals surface area contributed by atoms with Crippen LogP contribution < -0.4 is 0 Å². The van der Waals surface area contributed by atoms with E-state index in [9.17, 15) is 14.4 Å². The Hall–Kier alpha value is -2.17. The first-order chi connectivity index (χ1) is 10.2. The fraction of sp³-hybridized carbons (Fsp3) is 0.471. The summed E-state index contributed by atoms with van der Waals surface area (Å²) in [4.78, 5) is 36.6. The number of benzene rings is 1. The SMILES string of the molecule is C[C@H](C(=O)c1ccccc1)[C@@H](C)C1C(=O)OC(C)(C)OC1=O. The van der Waals surface area contributed by atoms with Crippen molar-refractivity contribution in [2.75, 3.05) is 0 Å². The van der Waals surface area contributed by atoms with Gasteiger partial charge in [-0.15, -0.1) is 0 Å². The Balaban J connectivity index is 2.17. The number of ether oxygens (including phenoxy) is 2. The number of hydrogen-bond acceptors (Lipinski definition) is 5. The number of esters is 2. The molecule has 1 aromatic carbocycles. The van der Waals surface area contributed by atoms with Crippen molar-refractivity contribution in [1.29, 1.82) is 0 Å². The zero-order valence-corrected chi connectivity index (χ0v) is 13.2. The molecule has 5 heteroatoms. The van der Waals surface area contributed by atoms with Gasteiger partial charge in [-0.25, -0.2) is 0 Å². The maximum atomic E-state index is 12.5. The molecular weight excluding hydrogens is 284 g/mol. The molecular formula is C17H20O5. The maximum Gasteiger partial charge on any atom is 0.323 e. The molecule has 0 radical (unpaired) electrons. The van der Waals surface area contributed by atoms with Crippen LogP contribution in [0.15, 0.2) is 30.3 Å². The molecule has 0 aliphatic carbocycles. The fourth-order valence-corrected chi connectivity index (χ4v) is 2.55. The average molecular weight is 304 g/mol. The quantitative estimate of drug-likeness (QED) is 0.486. The van der Waals surface area contributed by atoms with Crippen molar-refractivity contribution in [2.24, 2.45) is 17.8 Å². The molecule has 5 nitrogen and oxygen atoms in total. The van der Waals surface area contributed by atoms with Crippen LogP contribution in [0.2, 0.25) is 0 Å². The first-order valence-corrected chi connectivity index (χ1v) is 7.28. The van der Waals surface area contributed by atoms with Gasteiger partial charge < -0.3 is 9.47 Å². The van der Waals surface area contributed by atoms with Crippen molar-refractivity contribution >= 4 is 17.7 Å². The lowest BCUT2D eigenvalue weighted by Gasteiger charge is -2.36. The van der Waals surface area contributed by atoms with Crippen molar-refractivity contribution in [2.45, 2.75) is 33.5 Å². The lowest BCUT2D eigenvalue weighted by atomic mass is 9.79. The molecule has 1 aliphatic rings. The van der Waals surface area contributed by atoms with Crippen molar-refractivity contribution in [3.63, 3.8) is 0 Å². The average Bonchev–Trinajstić information content (AvgIpc) is 2.44. The smallest absolute Gasteiger partial charge is 0.323 e. The molecule has 0 spiro atoms. The maximum absolute atomic E-state index is 12.5. The van der Waals surface area contributed by atoms with Gasteiger partial charge in [-0.3, -0.25) is 14.4 Å². The molecule has 118 valence electrons. The van der Waals surface area contributed by atoms with Crippen LogP contribution in [0.1, 0.15) is 38.1 Å². The van der Waals surface area contributed by atoms with E-state index in [1.165, 1.54) is 13.8 Å². The zero-order chi connectivity index (χ0) is 16.5. The van der Waals surface area contributed by atoms with Crippen molar-refractivity contribution in [1.82, 2.24) is 0 Å². The molecule has 22 heavy (non-hydrogen) atoms. The number of rotatable bonds is 4. The minimum absolute atomic E-state index is 0.112. The number of Topliss-reactive ketones (excluding diaryl/α,β-unsaturated/α-hetero) is 1. The predicted molar refractivity (Wildman–Crippen MR) is 78.9 cm³/mol. The third-order valence-electron chi connectivity index (χ3n) is 3.99. The number of hydrogen-bond donors (Lipinski definition) is 0. The van der Waals surface area contributed by atoms with Crippen molar-refractivity contribution in [3.05, 3.63) is 35.9 Å². The van der Waals surface area contributed by atoms with Crippen LogP contribution >= 0.6 is 0 Å². The van der Waals surface area contributed by atoms with E-state index in [2.05, 4.69) is 0 Å². The Kier molecular flexibility index (Phi) is 4.35. The second-order valence-electron chi connectivity index (χ2n) is 6.10. The largest absolute Gasteiger partial charge is 0.422 e. The highest BCUT2D eigenvalue weighted by Crippen LogP contribution is 2.32. The van der Waals surface area contributed by atoms with E-state index in [4.69, 9.17) is 9.47 Å². The van der Waals surface area contributed by atoms with Crippen LogP contribution in [-0.4, -0.2) is 23.5 Å². The molecule has 0 unspecified atom stereocenters. The van der Waals surface area contributed by atoms with Crippen LogP contribution in [0, 0.1) is 17.8 Å². The monoisotopic (exact) mass is 304 g/mol. The molecule has 0 saturated carbocycles. The number of ketones is 1. The zero-order valence-electron chi connectivity index (χ0n) is 13.2.